The maximum Gasteiger partial charge on any atom is 0.106 e. The minimum absolute atomic E-state index is 0.470. The molecule has 2 nitrogen and oxygen atoms in total. The predicted molar refractivity (Wildman–Crippen MR) is 75.1 cm³/mol. The van der Waals surface area contributed by atoms with Gasteiger partial charge in [-0.2, -0.15) is 0 Å². The van der Waals surface area contributed by atoms with Crippen molar-refractivity contribution in [2.24, 2.45) is 11.7 Å². The third-order valence-corrected chi connectivity index (χ3v) is 2.70. The van der Waals surface area contributed by atoms with Crippen molar-refractivity contribution in [2.75, 3.05) is 18.0 Å². The summed E-state index contributed by atoms with van der Waals surface area (Å²) in [6, 6.07) is 8.07. The van der Waals surface area contributed by atoms with Crippen LogP contribution in [0.3, 0.4) is 0 Å². The number of hydrogen-bond acceptors (Lipinski definition) is 2. The number of thiocarbonyl (C=S) groups is 1. The van der Waals surface area contributed by atoms with Crippen LogP contribution in [0.1, 0.15) is 26.3 Å². The Hall–Kier alpha value is -1.09. The molecule has 0 atom stereocenters. The van der Waals surface area contributed by atoms with Gasteiger partial charge in [0.1, 0.15) is 4.99 Å². The van der Waals surface area contributed by atoms with Gasteiger partial charge in [-0.1, -0.05) is 38.2 Å². The summed E-state index contributed by atoms with van der Waals surface area (Å²) in [6.07, 6.45) is 0. The van der Waals surface area contributed by atoms with Gasteiger partial charge in [0, 0.05) is 24.3 Å². The van der Waals surface area contributed by atoms with Crippen molar-refractivity contribution < 1.29 is 0 Å². The molecule has 0 bridgehead atoms. The Balaban J connectivity index is 3.04. The van der Waals surface area contributed by atoms with Crippen LogP contribution in [0.2, 0.25) is 0 Å². The molecule has 0 heterocycles. The second-order valence-corrected chi connectivity index (χ2v) is 4.75. The standard InChI is InChI=1S/C13H20N2S/c1-4-15(9-10(2)3)12-8-6-5-7-11(12)13(14)16/h5-8,10H,4,9H2,1-3H3,(H2,14,16). The molecule has 0 radical (unpaired) electrons. The predicted octanol–water partition coefficient (Wildman–Crippen LogP) is 2.80. The zero-order valence-corrected chi connectivity index (χ0v) is 11.1. The van der Waals surface area contributed by atoms with E-state index in [9.17, 15) is 0 Å². The van der Waals surface area contributed by atoms with Gasteiger partial charge in [-0.15, -0.1) is 0 Å². The molecule has 0 unspecified atom stereocenters. The second kappa shape index (κ2) is 5.85. The topological polar surface area (TPSA) is 29.3 Å². The molecule has 1 rings (SSSR count). The Bertz CT molecular complexity index is 361. The maximum absolute atomic E-state index is 5.74. The number of benzene rings is 1. The highest BCUT2D eigenvalue weighted by atomic mass is 32.1. The first kappa shape index (κ1) is 13.0. The van der Waals surface area contributed by atoms with E-state index in [0.29, 0.717) is 10.9 Å². The highest BCUT2D eigenvalue weighted by molar-refractivity contribution is 7.80. The van der Waals surface area contributed by atoms with Crippen LogP contribution in [0, 0.1) is 5.92 Å². The Kier molecular flexibility index (Phi) is 4.74. The number of para-hydroxylation sites is 1. The lowest BCUT2D eigenvalue weighted by molar-refractivity contribution is 0.618. The molecule has 0 fully saturated rings. The quantitative estimate of drug-likeness (QED) is 0.797. The average molecular weight is 236 g/mol. The summed E-state index contributed by atoms with van der Waals surface area (Å²) in [5.41, 5.74) is 7.86. The van der Waals surface area contributed by atoms with Gasteiger partial charge in [-0.3, -0.25) is 0 Å². The molecule has 0 aliphatic heterocycles. The molecule has 0 aliphatic rings. The third kappa shape index (κ3) is 3.20. The van der Waals surface area contributed by atoms with Gasteiger partial charge in [0.2, 0.25) is 0 Å². The van der Waals surface area contributed by atoms with E-state index in [2.05, 4.69) is 31.7 Å². The van der Waals surface area contributed by atoms with E-state index in [0.717, 1.165) is 24.3 Å². The lowest BCUT2D eigenvalue weighted by Crippen LogP contribution is -2.29. The molecule has 16 heavy (non-hydrogen) atoms. The zero-order chi connectivity index (χ0) is 12.1. The molecule has 1 aromatic carbocycles. The summed E-state index contributed by atoms with van der Waals surface area (Å²) < 4.78 is 0. The lowest BCUT2D eigenvalue weighted by atomic mass is 10.1. The van der Waals surface area contributed by atoms with E-state index < -0.39 is 0 Å². The molecule has 3 heteroatoms. The van der Waals surface area contributed by atoms with E-state index in [1.54, 1.807) is 0 Å². The highest BCUT2D eigenvalue weighted by Crippen LogP contribution is 2.21. The third-order valence-electron chi connectivity index (χ3n) is 2.48. The van der Waals surface area contributed by atoms with Crippen molar-refractivity contribution in [3.8, 4) is 0 Å². The Morgan fingerprint density at radius 2 is 2.00 bits per heavy atom. The van der Waals surface area contributed by atoms with Crippen molar-refractivity contribution >= 4 is 22.9 Å². The van der Waals surface area contributed by atoms with Crippen LogP contribution < -0.4 is 10.6 Å². The molecular formula is C13H20N2S. The fourth-order valence-corrected chi connectivity index (χ4v) is 1.97. The molecule has 88 valence electrons. The summed E-state index contributed by atoms with van der Waals surface area (Å²) in [6.45, 7) is 8.57. The number of hydrogen-bond donors (Lipinski definition) is 1. The normalized spacial score (nSPS) is 10.5. The molecule has 0 saturated carbocycles. The summed E-state index contributed by atoms with van der Waals surface area (Å²) in [7, 11) is 0. The van der Waals surface area contributed by atoms with Gasteiger partial charge in [0.05, 0.1) is 0 Å². The summed E-state index contributed by atoms with van der Waals surface area (Å²) in [4.78, 5) is 2.79. The first-order chi connectivity index (χ1) is 7.56. The number of rotatable bonds is 5. The van der Waals surface area contributed by atoms with Crippen LogP contribution >= 0.6 is 12.2 Å². The van der Waals surface area contributed by atoms with E-state index in [1.807, 2.05) is 18.2 Å². The number of anilines is 1. The molecule has 0 saturated heterocycles. The fourth-order valence-electron chi connectivity index (χ4n) is 1.80. The van der Waals surface area contributed by atoms with Gasteiger partial charge in [-0.05, 0) is 25.0 Å². The average Bonchev–Trinajstić information content (AvgIpc) is 2.25. The lowest BCUT2D eigenvalue weighted by Gasteiger charge is -2.27. The first-order valence-corrected chi connectivity index (χ1v) is 6.10. The van der Waals surface area contributed by atoms with E-state index in [4.69, 9.17) is 18.0 Å². The Morgan fingerprint density at radius 3 is 2.50 bits per heavy atom. The molecule has 0 amide bonds. The largest absolute Gasteiger partial charge is 0.389 e. The van der Waals surface area contributed by atoms with Crippen LogP contribution in [0.5, 0.6) is 0 Å². The van der Waals surface area contributed by atoms with Crippen molar-refractivity contribution in [1.29, 1.82) is 0 Å². The van der Waals surface area contributed by atoms with Crippen molar-refractivity contribution in [3.63, 3.8) is 0 Å². The maximum atomic E-state index is 5.74. The highest BCUT2D eigenvalue weighted by Gasteiger charge is 2.11. The molecule has 1 aromatic rings. The van der Waals surface area contributed by atoms with Crippen molar-refractivity contribution in [2.45, 2.75) is 20.8 Å². The molecular weight excluding hydrogens is 216 g/mol. The van der Waals surface area contributed by atoms with Gasteiger partial charge >= 0.3 is 0 Å². The Morgan fingerprint density at radius 1 is 1.38 bits per heavy atom. The van der Waals surface area contributed by atoms with Crippen molar-refractivity contribution in [3.05, 3.63) is 29.8 Å². The number of nitrogens with two attached hydrogens (primary N) is 1. The summed E-state index contributed by atoms with van der Waals surface area (Å²) in [5.74, 6) is 0.624. The SMILES string of the molecule is CCN(CC(C)C)c1ccccc1C(N)=S. The van der Waals surface area contributed by atoms with E-state index >= 15 is 0 Å². The molecule has 0 aliphatic carbocycles. The van der Waals surface area contributed by atoms with Crippen LogP contribution in [0.4, 0.5) is 5.69 Å². The minimum atomic E-state index is 0.470. The molecule has 0 aromatic heterocycles. The fraction of sp³-hybridized carbons (Fsp3) is 0.462. The monoisotopic (exact) mass is 236 g/mol. The van der Waals surface area contributed by atoms with Crippen molar-refractivity contribution in [1.82, 2.24) is 0 Å². The summed E-state index contributed by atoms with van der Waals surface area (Å²) >= 11 is 5.08. The number of nitrogens with zero attached hydrogens (tertiary/aromatic N) is 1. The van der Waals surface area contributed by atoms with E-state index in [1.165, 1.54) is 0 Å². The van der Waals surface area contributed by atoms with Crippen LogP contribution in [-0.4, -0.2) is 18.1 Å². The van der Waals surface area contributed by atoms with Gasteiger partial charge in [0.15, 0.2) is 0 Å². The van der Waals surface area contributed by atoms with Crippen LogP contribution in [-0.2, 0) is 0 Å². The van der Waals surface area contributed by atoms with Gasteiger partial charge in [0.25, 0.3) is 0 Å². The van der Waals surface area contributed by atoms with E-state index in [-0.39, 0.29) is 0 Å². The molecule has 0 spiro atoms. The molecule has 2 N–H and O–H groups in total. The first-order valence-electron chi connectivity index (χ1n) is 5.70. The van der Waals surface area contributed by atoms with Crippen LogP contribution in [0.15, 0.2) is 24.3 Å². The minimum Gasteiger partial charge on any atom is -0.389 e. The second-order valence-electron chi connectivity index (χ2n) is 4.31. The summed E-state index contributed by atoms with van der Waals surface area (Å²) in [5, 5.41) is 0. The van der Waals surface area contributed by atoms with Crippen LogP contribution in [0.25, 0.3) is 0 Å². The smallest absolute Gasteiger partial charge is 0.106 e. The van der Waals surface area contributed by atoms with Gasteiger partial charge in [-0.25, -0.2) is 0 Å². The van der Waals surface area contributed by atoms with Gasteiger partial charge < -0.3 is 10.6 Å². The zero-order valence-electron chi connectivity index (χ0n) is 10.2. The Labute approximate surface area is 103 Å².